The maximum absolute atomic E-state index is 12.1. The van der Waals surface area contributed by atoms with Crippen molar-refractivity contribution < 1.29 is 23.1 Å². The molecule has 0 atom stereocenters. The van der Waals surface area contributed by atoms with Crippen molar-refractivity contribution in [3.8, 4) is 0 Å². The van der Waals surface area contributed by atoms with E-state index < -0.39 is 17.8 Å². The molecule has 0 spiro atoms. The first-order valence-electron chi connectivity index (χ1n) is 3.48. The number of nitrogens with one attached hydrogen (secondary N) is 1. The first-order chi connectivity index (χ1) is 6.39. The maximum Gasteiger partial charge on any atom is 0.417 e. The number of benzene rings is 1. The zero-order valence-electron chi connectivity index (χ0n) is 6.72. The topological polar surface area (TPSA) is 49.3 Å². The zero-order chi connectivity index (χ0) is 10.8. The molecule has 1 amide bonds. The largest absolute Gasteiger partial charge is 0.465 e. The Morgan fingerprint density at radius 1 is 1.50 bits per heavy atom. The fourth-order valence-corrected chi connectivity index (χ4v) is 0.831. The molecule has 0 unspecified atom stereocenters. The highest BCUT2D eigenvalue weighted by Crippen LogP contribution is 2.30. The summed E-state index contributed by atoms with van der Waals surface area (Å²) in [6, 6.07) is 4.83. The lowest BCUT2D eigenvalue weighted by molar-refractivity contribution is -0.137. The van der Waals surface area contributed by atoms with Crippen LogP contribution in [0.2, 0.25) is 0 Å². The van der Waals surface area contributed by atoms with Crippen molar-refractivity contribution in [1.82, 2.24) is 0 Å². The Labute approximate surface area is 77.2 Å². The Kier molecular flexibility index (Phi) is 2.64. The molecule has 6 heteroatoms. The van der Waals surface area contributed by atoms with Crippen LogP contribution in [-0.2, 0) is 6.18 Å². The zero-order valence-corrected chi connectivity index (χ0v) is 6.72. The molecule has 0 aliphatic rings. The quantitative estimate of drug-likeness (QED) is 0.738. The van der Waals surface area contributed by atoms with Crippen molar-refractivity contribution in [3.63, 3.8) is 0 Å². The third-order valence-corrected chi connectivity index (χ3v) is 1.36. The fourth-order valence-electron chi connectivity index (χ4n) is 0.831. The molecular weight excluding hydrogens is 199 g/mol. The SMILES string of the molecule is O=C(O)Nc1cc[c]c(C(F)(F)F)c1. The Bertz CT molecular complexity index is 349. The summed E-state index contributed by atoms with van der Waals surface area (Å²) in [5, 5.41) is 10.1. The maximum atomic E-state index is 12.1. The summed E-state index contributed by atoms with van der Waals surface area (Å²) in [6.07, 6.45) is -5.93. The molecule has 0 saturated carbocycles. The van der Waals surface area contributed by atoms with Crippen LogP contribution in [0.1, 0.15) is 5.56 Å². The molecule has 0 aliphatic carbocycles. The van der Waals surface area contributed by atoms with Crippen LogP contribution in [0.3, 0.4) is 0 Å². The predicted octanol–water partition coefficient (Wildman–Crippen LogP) is 2.60. The number of carboxylic acid groups (broad SMARTS) is 1. The molecule has 1 rings (SSSR count). The number of halogens is 3. The molecule has 0 saturated heterocycles. The predicted molar refractivity (Wildman–Crippen MR) is 41.9 cm³/mol. The van der Waals surface area contributed by atoms with Gasteiger partial charge >= 0.3 is 12.3 Å². The molecule has 75 valence electrons. The summed E-state index contributed by atoms with van der Waals surface area (Å²) < 4.78 is 36.3. The van der Waals surface area contributed by atoms with E-state index in [9.17, 15) is 18.0 Å². The van der Waals surface area contributed by atoms with E-state index in [4.69, 9.17) is 5.11 Å². The number of anilines is 1. The van der Waals surface area contributed by atoms with Gasteiger partial charge in [-0.3, -0.25) is 5.32 Å². The van der Waals surface area contributed by atoms with Crippen LogP contribution in [0.15, 0.2) is 18.2 Å². The second-order valence-corrected chi connectivity index (χ2v) is 2.42. The van der Waals surface area contributed by atoms with E-state index in [0.717, 1.165) is 6.07 Å². The van der Waals surface area contributed by atoms with Crippen LogP contribution in [0.25, 0.3) is 0 Å². The van der Waals surface area contributed by atoms with Gasteiger partial charge in [-0.1, -0.05) is 6.07 Å². The highest BCUT2D eigenvalue weighted by molar-refractivity contribution is 5.82. The lowest BCUT2D eigenvalue weighted by Gasteiger charge is -2.07. The van der Waals surface area contributed by atoms with E-state index >= 15 is 0 Å². The minimum absolute atomic E-state index is 0.136. The number of carbonyl (C=O) groups is 1. The van der Waals surface area contributed by atoms with Crippen LogP contribution < -0.4 is 5.32 Å². The van der Waals surface area contributed by atoms with Crippen molar-refractivity contribution in [2.24, 2.45) is 0 Å². The van der Waals surface area contributed by atoms with Crippen molar-refractivity contribution in [3.05, 3.63) is 29.8 Å². The van der Waals surface area contributed by atoms with Gasteiger partial charge < -0.3 is 5.11 Å². The number of alkyl halides is 3. The van der Waals surface area contributed by atoms with Crippen LogP contribution in [0.4, 0.5) is 23.7 Å². The van der Waals surface area contributed by atoms with Crippen LogP contribution in [0, 0.1) is 6.07 Å². The van der Waals surface area contributed by atoms with Crippen molar-refractivity contribution >= 4 is 11.8 Å². The van der Waals surface area contributed by atoms with E-state index in [2.05, 4.69) is 0 Å². The van der Waals surface area contributed by atoms with Gasteiger partial charge in [0.1, 0.15) is 0 Å². The molecule has 1 radical (unpaired) electrons. The van der Waals surface area contributed by atoms with Gasteiger partial charge in [-0.25, -0.2) is 4.79 Å². The summed E-state index contributed by atoms with van der Waals surface area (Å²) in [5.74, 6) is 0. The lowest BCUT2D eigenvalue weighted by Crippen LogP contribution is -2.10. The molecule has 3 nitrogen and oxygen atoms in total. The Hall–Kier alpha value is -1.72. The monoisotopic (exact) mass is 204 g/mol. The van der Waals surface area contributed by atoms with Gasteiger partial charge in [0.15, 0.2) is 0 Å². The van der Waals surface area contributed by atoms with Gasteiger partial charge in [-0.15, -0.1) is 0 Å². The molecule has 1 aromatic rings. The third kappa shape index (κ3) is 2.65. The summed E-state index contributed by atoms with van der Waals surface area (Å²) in [6.45, 7) is 0. The first-order valence-corrected chi connectivity index (χ1v) is 3.48. The van der Waals surface area contributed by atoms with Crippen LogP contribution >= 0.6 is 0 Å². The van der Waals surface area contributed by atoms with Crippen LogP contribution in [0.5, 0.6) is 0 Å². The molecule has 0 aliphatic heterocycles. The van der Waals surface area contributed by atoms with Gasteiger partial charge in [0.2, 0.25) is 0 Å². The summed E-state index contributed by atoms with van der Waals surface area (Å²) in [7, 11) is 0. The molecule has 1 aromatic carbocycles. The Morgan fingerprint density at radius 3 is 2.64 bits per heavy atom. The van der Waals surface area contributed by atoms with Gasteiger partial charge in [0.25, 0.3) is 0 Å². The van der Waals surface area contributed by atoms with Crippen molar-refractivity contribution in [1.29, 1.82) is 0 Å². The fraction of sp³-hybridized carbons (Fsp3) is 0.125. The number of rotatable bonds is 1. The van der Waals surface area contributed by atoms with Crippen LogP contribution in [-0.4, -0.2) is 11.2 Å². The van der Waals surface area contributed by atoms with Gasteiger partial charge in [0.05, 0.1) is 5.56 Å². The average molecular weight is 204 g/mol. The molecule has 0 bridgehead atoms. The standard InChI is InChI=1S/C8H5F3NO2/c9-8(10,11)5-2-1-3-6(4-5)12-7(13)14/h1,3-4,12H,(H,13,14). The summed E-state index contributed by atoms with van der Waals surface area (Å²) >= 11 is 0. The molecule has 0 aromatic heterocycles. The highest BCUT2D eigenvalue weighted by atomic mass is 19.4. The smallest absolute Gasteiger partial charge is 0.417 e. The minimum Gasteiger partial charge on any atom is -0.465 e. The van der Waals surface area contributed by atoms with E-state index in [-0.39, 0.29) is 5.69 Å². The molecular formula is C8H5F3NO2. The van der Waals surface area contributed by atoms with E-state index in [1.54, 1.807) is 0 Å². The molecule has 2 N–H and O–H groups in total. The molecule has 14 heavy (non-hydrogen) atoms. The highest BCUT2D eigenvalue weighted by Gasteiger charge is 2.30. The number of hydrogen-bond acceptors (Lipinski definition) is 1. The summed E-state index contributed by atoms with van der Waals surface area (Å²) in [5.41, 5.74) is -1.15. The average Bonchev–Trinajstić information content (AvgIpc) is 2.01. The normalized spacial score (nSPS) is 11.1. The van der Waals surface area contributed by atoms with Crippen molar-refractivity contribution in [2.75, 3.05) is 5.32 Å². The third-order valence-electron chi connectivity index (χ3n) is 1.36. The van der Waals surface area contributed by atoms with E-state index in [1.807, 2.05) is 11.4 Å². The first kappa shape index (κ1) is 10.4. The molecule has 0 fully saturated rings. The minimum atomic E-state index is -4.52. The van der Waals surface area contributed by atoms with Gasteiger partial charge in [-0.2, -0.15) is 13.2 Å². The second-order valence-electron chi connectivity index (χ2n) is 2.42. The Balaban J connectivity index is 2.95. The van der Waals surface area contributed by atoms with Gasteiger partial charge in [-0.05, 0) is 18.2 Å². The second kappa shape index (κ2) is 3.57. The summed E-state index contributed by atoms with van der Waals surface area (Å²) in [4.78, 5) is 10.1. The van der Waals surface area contributed by atoms with Crippen molar-refractivity contribution in [2.45, 2.75) is 6.18 Å². The van der Waals surface area contributed by atoms with E-state index in [1.165, 1.54) is 6.07 Å². The Morgan fingerprint density at radius 2 is 2.14 bits per heavy atom. The molecule has 0 heterocycles. The lowest BCUT2D eigenvalue weighted by atomic mass is 10.2. The van der Waals surface area contributed by atoms with E-state index in [0.29, 0.717) is 6.07 Å². The number of amides is 1. The number of hydrogen-bond donors (Lipinski definition) is 2. The van der Waals surface area contributed by atoms with Gasteiger partial charge in [0, 0.05) is 5.69 Å².